The van der Waals surface area contributed by atoms with Gasteiger partial charge in [-0.3, -0.25) is 14.5 Å². The molecule has 1 amide bonds. The van der Waals surface area contributed by atoms with E-state index in [1.165, 1.54) is 54.6 Å². The van der Waals surface area contributed by atoms with Crippen LogP contribution in [0.3, 0.4) is 0 Å². The summed E-state index contributed by atoms with van der Waals surface area (Å²) >= 11 is 11.9. The molecule has 3 aromatic carbocycles. The van der Waals surface area contributed by atoms with E-state index >= 15 is 0 Å². The van der Waals surface area contributed by atoms with Gasteiger partial charge in [0, 0.05) is 21.3 Å². The molecule has 1 aliphatic heterocycles. The summed E-state index contributed by atoms with van der Waals surface area (Å²) in [5, 5.41) is 11.7. The van der Waals surface area contributed by atoms with Crippen molar-refractivity contribution in [3.63, 3.8) is 0 Å². The van der Waals surface area contributed by atoms with Crippen LogP contribution in [0.5, 0.6) is 0 Å². The second-order valence-electron chi connectivity index (χ2n) is 7.28. The predicted molar refractivity (Wildman–Crippen MR) is 119 cm³/mol. The lowest BCUT2D eigenvalue weighted by molar-refractivity contribution is -0.137. The number of hydrogen-bond donors (Lipinski definition) is 1. The molecular weight excluding hydrogens is 478 g/mol. The lowest BCUT2D eigenvalue weighted by atomic mass is 9.95. The fourth-order valence-electron chi connectivity index (χ4n) is 3.65. The summed E-state index contributed by atoms with van der Waals surface area (Å²) < 4.78 is 39.9. The van der Waals surface area contributed by atoms with Gasteiger partial charge in [0.2, 0.25) is 0 Å². The van der Waals surface area contributed by atoms with Crippen molar-refractivity contribution in [3.05, 3.63) is 105 Å². The quantitative estimate of drug-likeness (QED) is 0.254. The fraction of sp³-hybridized carbons (Fsp3) is 0.0833. The van der Waals surface area contributed by atoms with E-state index in [4.69, 9.17) is 23.2 Å². The minimum Gasteiger partial charge on any atom is -0.507 e. The van der Waals surface area contributed by atoms with Crippen LogP contribution < -0.4 is 4.90 Å². The maximum atomic E-state index is 13.3. The Balaban J connectivity index is 1.94. The highest BCUT2D eigenvalue weighted by Crippen LogP contribution is 2.43. The average Bonchev–Trinajstić information content (AvgIpc) is 3.04. The first-order valence-electron chi connectivity index (χ1n) is 9.57. The van der Waals surface area contributed by atoms with Crippen molar-refractivity contribution in [2.24, 2.45) is 0 Å². The molecule has 0 spiro atoms. The summed E-state index contributed by atoms with van der Waals surface area (Å²) in [6.45, 7) is 0. The van der Waals surface area contributed by atoms with E-state index in [9.17, 15) is 27.9 Å². The molecule has 0 bridgehead atoms. The molecule has 0 saturated carbocycles. The van der Waals surface area contributed by atoms with Crippen LogP contribution in [0.1, 0.15) is 22.7 Å². The van der Waals surface area contributed by atoms with E-state index in [1.807, 2.05) is 0 Å². The number of benzene rings is 3. The van der Waals surface area contributed by atoms with E-state index in [2.05, 4.69) is 0 Å². The molecule has 0 unspecified atom stereocenters. The number of alkyl halides is 3. The van der Waals surface area contributed by atoms with Crippen LogP contribution in [-0.2, 0) is 15.8 Å². The van der Waals surface area contributed by atoms with Crippen LogP contribution in [0.2, 0.25) is 10.0 Å². The molecule has 1 atom stereocenters. The lowest BCUT2D eigenvalue weighted by Gasteiger charge is -2.26. The fourth-order valence-corrected chi connectivity index (χ4v) is 3.91. The van der Waals surface area contributed by atoms with Crippen molar-refractivity contribution in [3.8, 4) is 0 Å². The predicted octanol–water partition coefficient (Wildman–Crippen LogP) is 6.64. The van der Waals surface area contributed by atoms with Gasteiger partial charge in [-0.05, 0) is 60.2 Å². The molecular formula is C24H14Cl2F3NO3. The van der Waals surface area contributed by atoms with Crippen LogP contribution >= 0.6 is 23.2 Å². The zero-order chi connectivity index (χ0) is 23.9. The van der Waals surface area contributed by atoms with Gasteiger partial charge < -0.3 is 5.11 Å². The summed E-state index contributed by atoms with van der Waals surface area (Å²) in [6.07, 6.45) is -4.65. The van der Waals surface area contributed by atoms with Crippen molar-refractivity contribution >= 4 is 46.3 Å². The van der Waals surface area contributed by atoms with Gasteiger partial charge in [-0.25, -0.2) is 0 Å². The van der Waals surface area contributed by atoms with Crippen LogP contribution in [0.15, 0.2) is 78.4 Å². The number of aliphatic hydroxyl groups is 1. The Morgan fingerprint density at radius 1 is 0.879 bits per heavy atom. The Morgan fingerprint density at radius 2 is 1.45 bits per heavy atom. The summed E-state index contributed by atoms with van der Waals surface area (Å²) in [4.78, 5) is 27.0. The first-order valence-corrected chi connectivity index (χ1v) is 10.3. The monoisotopic (exact) mass is 491 g/mol. The Morgan fingerprint density at radius 3 is 2.03 bits per heavy atom. The van der Waals surface area contributed by atoms with Gasteiger partial charge in [0.25, 0.3) is 11.7 Å². The summed E-state index contributed by atoms with van der Waals surface area (Å²) in [5.74, 6) is -2.57. The highest BCUT2D eigenvalue weighted by Gasteiger charge is 2.47. The van der Waals surface area contributed by atoms with Gasteiger partial charge in [-0.2, -0.15) is 13.2 Å². The van der Waals surface area contributed by atoms with Gasteiger partial charge in [0.05, 0.1) is 17.2 Å². The highest BCUT2D eigenvalue weighted by atomic mass is 35.5. The molecule has 0 radical (unpaired) electrons. The van der Waals surface area contributed by atoms with E-state index in [0.717, 1.165) is 23.1 Å². The number of amides is 1. The summed E-state index contributed by atoms with van der Waals surface area (Å²) in [6, 6.07) is 15.0. The third-order valence-electron chi connectivity index (χ3n) is 5.20. The molecule has 1 saturated heterocycles. The maximum Gasteiger partial charge on any atom is 0.416 e. The number of aliphatic hydroxyl groups excluding tert-OH is 1. The van der Waals surface area contributed by atoms with Gasteiger partial charge in [0.15, 0.2) is 0 Å². The first-order chi connectivity index (χ1) is 15.6. The Hall–Kier alpha value is -3.29. The Labute approximate surface area is 196 Å². The molecule has 3 aromatic rings. The van der Waals surface area contributed by atoms with E-state index in [1.54, 1.807) is 0 Å². The van der Waals surface area contributed by atoms with Gasteiger partial charge in [-0.1, -0.05) is 41.4 Å². The topological polar surface area (TPSA) is 57.6 Å². The zero-order valence-electron chi connectivity index (χ0n) is 16.6. The summed E-state index contributed by atoms with van der Waals surface area (Å²) in [7, 11) is 0. The van der Waals surface area contributed by atoms with Crippen LogP contribution in [0.25, 0.3) is 5.76 Å². The third-order valence-corrected chi connectivity index (χ3v) is 5.70. The molecule has 0 aromatic heterocycles. The minimum absolute atomic E-state index is 0.137. The average molecular weight is 492 g/mol. The van der Waals surface area contributed by atoms with E-state index < -0.39 is 35.2 Å². The van der Waals surface area contributed by atoms with Crippen molar-refractivity contribution < 1.29 is 27.9 Å². The molecule has 1 heterocycles. The molecule has 1 N–H and O–H groups in total. The largest absolute Gasteiger partial charge is 0.507 e. The molecule has 168 valence electrons. The van der Waals surface area contributed by atoms with Crippen LogP contribution in [0.4, 0.5) is 18.9 Å². The second-order valence-corrected chi connectivity index (χ2v) is 8.15. The van der Waals surface area contributed by atoms with Crippen LogP contribution in [-0.4, -0.2) is 16.8 Å². The third kappa shape index (κ3) is 4.34. The molecule has 1 fully saturated rings. The molecule has 0 aliphatic carbocycles. The minimum atomic E-state index is -4.65. The van der Waals surface area contributed by atoms with Gasteiger partial charge >= 0.3 is 6.18 Å². The zero-order valence-corrected chi connectivity index (χ0v) is 18.1. The number of anilines is 1. The molecule has 1 aliphatic rings. The number of hydrogen-bond acceptors (Lipinski definition) is 3. The smallest absolute Gasteiger partial charge is 0.416 e. The van der Waals surface area contributed by atoms with Crippen molar-refractivity contribution in [1.29, 1.82) is 0 Å². The first kappa shape index (κ1) is 22.9. The maximum absolute atomic E-state index is 13.3. The molecule has 9 heteroatoms. The number of Topliss-reactive ketones (excluding diaryl/α,β-unsaturated/α-hetero) is 1. The number of halogens is 5. The molecule has 4 nitrogen and oxygen atoms in total. The molecule has 4 rings (SSSR count). The van der Waals surface area contributed by atoms with Crippen molar-refractivity contribution in [1.82, 2.24) is 0 Å². The van der Waals surface area contributed by atoms with Crippen molar-refractivity contribution in [2.75, 3.05) is 4.90 Å². The van der Waals surface area contributed by atoms with E-state index in [-0.39, 0.29) is 16.8 Å². The SMILES string of the molecule is O=C1C(=O)N(c2cccc(C(F)(F)F)c2)[C@@H](c2ccc(Cl)cc2)/C1=C(\O)c1ccc(Cl)cc1. The molecule has 33 heavy (non-hydrogen) atoms. The number of ketones is 1. The Kier molecular flexibility index (Phi) is 5.95. The number of rotatable bonds is 3. The van der Waals surface area contributed by atoms with Crippen LogP contribution in [0, 0.1) is 0 Å². The number of carbonyl (C=O) groups excluding carboxylic acids is 2. The second kappa shape index (κ2) is 8.57. The van der Waals surface area contributed by atoms with Crippen molar-refractivity contribution in [2.45, 2.75) is 12.2 Å². The normalized spacial score (nSPS) is 18.1. The standard InChI is InChI=1S/C24H14Cl2F3NO3/c25-16-8-4-13(5-9-16)20-19(21(31)14-6-10-17(26)11-7-14)22(32)23(33)30(20)18-3-1-2-15(12-18)24(27,28)29/h1-12,20,31H/b21-19+/t20-/m0/s1. The Bertz CT molecular complexity index is 1270. The highest BCUT2D eigenvalue weighted by molar-refractivity contribution is 6.51. The number of carbonyl (C=O) groups is 2. The lowest BCUT2D eigenvalue weighted by Crippen LogP contribution is -2.29. The number of nitrogens with zero attached hydrogens (tertiary/aromatic N) is 1. The summed E-state index contributed by atoms with van der Waals surface area (Å²) in [5.41, 5.74) is -0.773. The van der Waals surface area contributed by atoms with Gasteiger partial charge in [-0.15, -0.1) is 0 Å². The van der Waals surface area contributed by atoms with Gasteiger partial charge in [0.1, 0.15) is 5.76 Å². The van der Waals surface area contributed by atoms with E-state index in [0.29, 0.717) is 15.6 Å².